The number of nitrogens with zero attached hydrogens (tertiary/aromatic N) is 1. The lowest BCUT2D eigenvalue weighted by Gasteiger charge is -2.11. The van der Waals surface area contributed by atoms with Gasteiger partial charge in [0.2, 0.25) is 0 Å². The van der Waals surface area contributed by atoms with Crippen molar-refractivity contribution in [1.82, 2.24) is 0 Å². The molecule has 0 aromatic heterocycles. The topological polar surface area (TPSA) is 109 Å². The van der Waals surface area contributed by atoms with Crippen molar-refractivity contribution < 1.29 is 24.2 Å². The number of hydrazone groups is 1. The minimum absolute atomic E-state index is 0.161. The molecule has 0 saturated heterocycles. The summed E-state index contributed by atoms with van der Waals surface area (Å²) >= 11 is 0. The summed E-state index contributed by atoms with van der Waals surface area (Å²) in [5, 5.41) is 15.8. The highest BCUT2D eigenvalue weighted by Gasteiger charge is 2.09. The Morgan fingerprint density at radius 3 is 2.31 bits per heavy atom. The van der Waals surface area contributed by atoms with E-state index in [1.54, 1.807) is 36.5 Å². The Bertz CT molecular complexity index is 1110. The molecule has 0 heterocycles. The first kappa shape index (κ1) is 22.4. The first-order valence-corrected chi connectivity index (χ1v) is 9.74. The maximum Gasteiger partial charge on any atom is 0.335 e. The Kier molecular flexibility index (Phi) is 7.42. The summed E-state index contributed by atoms with van der Waals surface area (Å²) < 4.78 is 11.0. The molecule has 0 saturated carbocycles. The number of benzene rings is 3. The molecule has 0 aliphatic rings. The van der Waals surface area contributed by atoms with Gasteiger partial charge < -0.3 is 19.9 Å². The van der Waals surface area contributed by atoms with Crippen LogP contribution in [0, 0.1) is 6.92 Å². The molecular weight excluding hydrogens is 410 g/mol. The van der Waals surface area contributed by atoms with E-state index in [4.69, 9.17) is 14.6 Å². The second-order valence-corrected chi connectivity index (χ2v) is 6.87. The normalized spacial score (nSPS) is 10.6. The van der Waals surface area contributed by atoms with Gasteiger partial charge in [-0.3, -0.25) is 10.2 Å². The number of ether oxygens (including phenoxy) is 2. The minimum Gasteiger partial charge on any atom is -0.493 e. The van der Waals surface area contributed by atoms with E-state index in [1.807, 2.05) is 31.2 Å². The summed E-state index contributed by atoms with van der Waals surface area (Å²) in [7, 11) is 1.51. The molecule has 0 radical (unpaired) electrons. The number of carboxylic acid groups (broad SMARTS) is 1. The number of aromatic carboxylic acids is 1. The molecule has 3 aromatic carbocycles. The molecule has 0 atom stereocenters. The third-order valence-electron chi connectivity index (χ3n) is 4.42. The van der Waals surface area contributed by atoms with Gasteiger partial charge in [0.1, 0.15) is 0 Å². The van der Waals surface area contributed by atoms with Crippen LogP contribution in [-0.2, 0) is 4.79 Å². The Hall–Kier alpha value is -4.33. The quantitative estimate of drug-likeness (QED) is 0.345. The van der Waals surface area contributed by atoms with Crippen molar-refractivity contribution in [2.24, 2.45) is 5.10 Å². The summed E-state index contributed by atoms with van der Waals surface area (Å²) in [6.07, 6.45) is 1.58. The first-order chi connectivity index (χ1) is 15.4. The molecule has 164 valence electrons. The van der Waals surface area contributed by atoms with Crippen molar-refractivity contribution in [2.75, 3.05) is 24.5 Å². The van der Waals surface area contributed by atoms with Gasteiger partial charge in [-0.25, -0.2) is 4.79 Å². The maximum absolute atomic E-state index is 12.1. The van der Waals surface area contributed by atoms with Gasteiger partial charge in [-0.1, -0.05) is 17.7 Å². The number of carbonyl (C=O) groups is 2. The zero-order chi connectivity index (χ0) is 22.9. The largest absolute Gasteiger partial charge is 0.493 e. The molecule has 3 aromatic rings. The van der Waals surface area contributed by atoms with Gasteiger partial charge in [0, 0.05) is 5.69 Å². The van der Waals surface area contributed by atoms with E-state index in [-0.39, 0.29) is 18.1 Å². The van der Waals surface area contributed by atoms with Crippen molar-refractivity contribution in [3.05, 3.63) is 83.4 Å². The Balaban J connectivity index is 1.56. The number of anilines is 2. The standard InChI is InChI=1S/C24H23N3O5/c1-16-3-8-19(9-4-16)26-23(28)15-32-21-12-5-17(13-22(21)31-2)14-25-27-20-10-6-18(7-11-20)24(29)30/h3-14,27H,15H2,1-2H3,(H,26,28)(H,29,30)/b25-14+. The molecule has 32 heavy (non-hydrogen) atoms. The van der Waals surface area contributed by atoms with Crippen molar-refractivity contribution in [3.8, 4) is 11.5 Å². The summed E-state index contributed by atoms with van der Waals surface area (Å²) in [6, 6.07) is 18.9. The van der Waals surface area contributed by atoms with Gasteiger partial charge in [-0.15, -0.1) is 0 Å². The lowest BCUT2D eigenvalue weighted by atomic mass is 10.2. The number of amides is 1. The lowest BCUT2D eigenvalue weighted by Crippen LogP contribution is -2.20. The second-order valence-electron chi connectivity index (χ2n) is 6.87. The lowest BCUT2D eigenvalue weighted by molar-refractivity contribution is -0.118. The molecule has 0 aliphatic heterocycles. The predicted octanol–water partition coefficient (Wildman–Crippen LogP) is 4.17. The van der Waals surface area contributed by atoms with Crippen LogP contribution in [-0.4, -0.2) is 36.9 Å². The van der Waals surface area contributed by atoms with Crippen LogP contribution in [0.4, 0.5) is 11.4 Å². The van der Waals surface area contributed by atoms with Gasteiger partial charge in [0.25, 0.3) is 5.91 Å². The van der Waals surface area contributed by atoms with Crippen LogP contribution >= 0.6 is 0 Å². The molecule has 3 rings (SSSR count). The molecule has 0 fully saturated rings. The van der Waals surface area contributed by atoms with Crippen molar-refractivity contribution >= 4 is 29.5 Å². The predicted molar refractivity (Wildman–Crippen MR) is 123 cm³/mol. The number of hydrogen-bond donors (Lipinski definition) is 3. The van der Waals surface area contributed by atoms with Crippen molar-refractivity contribution in [2.45, 2.75) is 6.92 Å². The molecule has 0 spiro atoms. The van der Waals surface area contributed by atoms with Crippen LogP contribution in [0.25, 0.3) is 0 Å². The van der Waals surface area contributed by atoms with E-state index < -0.39 is 5.97 Å². The highest BCUT2D eigenvalue weighted by Crippen LogP contribution is 2.27. The van der Waals surface area contributed by atoms with Crippen molar-refractivity contribution in [1.29, 1.82) is 0 Å². The summed E-state index contributed by atoms with van der Waals surface area (Å²) in [4.78, 5) is 23.0. The first-order valence-electron chi connectivity index (χ1n) is 9.74. The van der Waals surface area contributed by atoms with Gasteiger partial charge in [-0.2, -0.15) is 5.10 Å². The van der Waals surface area contributed by atoms with E-state index in [1.165, 1.54) is 19.2 Å². The highest BCUT2D eigenvalue weighted by molar-refractivity contribution is 5.92. The summed E-state index contributed by atoms with van der Waals surface area (Å²) in [5.74, 6) is -0.370. The average Bonchev–Trinajstić information content (AvgIpc) is 2.80. The SMILES string of the molecule is COc1cc(/C=N/Nc2ccc(C(=O)O)cc2)ccc1OCC(=O)Nc1ccc(C)cc1. The Morgan fingerprint density at radius 1 is 0.969 bits per heavy atom. The van der Waals surface area contributed by atoms with Crippen LogP contribution in [0.5, 0.6) is 11.5 Å². The number of methoxy groups -OCH3 is 1. The molecule has 0 unspecified atom stereocenters. The van der Waals surface area contributed by atoms with E-state index in [0.717, 1.165) is 11.1 Å². The zero-order valence-electron chi connectivity index (χ0n) is 17.7. The number of aryl methyl sites for hydroxylation is 1. The van der Waals surface area contributed by atoms with Crippen LogP contribution in [0.2, 0.25) is 0 Å². The number of nitrogens with one attached hydrogen (secondary N) is 2. The van der Waals surface area contributed by atoms with Crippen molar-refractivity contribution in [3.63, 3.8) is 0 Å². The second kappa shape index (κ2) is 10.6. The van der Waals surface area contributed by atoms with Crippen LogP contribution in [0.15, 0.2) is 71.8 Å². The monoisotopic (exact) mass is 433 g/mol. The van der Waals surface area contributed by atoms with Gasteiger partial charge >= 0.3 is 5.97 Å². The number of hydrogen-bond acceptors (Lipinski definition) is 6. The summed E-state index contributed by atoms with van der Waals surface area (Å²) in [5.41, 5.74) is 6.24. The Morgan fingerprint density at radius 2 is 1.66 bits per heavy atom. The third-order valence-corrected chi connectivity index (χ3v) is 4.42. The van der Waals surface area contributed by atoms with Crippen LogP contribution in [0.3, 0.4) is 0 Å². The van der Waals surface area contributed by atoms with E-state index in [9.17, 15) is 9.59 Å². The third kappa shape index (κ3) is 6.33. The Labute approximate surface area is 185 Å². The van der Waals surface area contributed by atoms with Crippen LogP contribution in [0.1, 0.15) is 21.5 Å². The fourth-order valence-electron chi connectivity index (χ4n) is 2.73. The number of carboxylic acids is 1. The van der Waals surface area contributed by atoms with Gasteiger partial charge in [0.15, 0.2) is 18.1 Å². The highest BCUT2D eigenvalue weighted by atomic mass is 16.5. The number of carbonyl (C=O) groups excluding carboxylic acids is 1. The van der Waals surface area contributed by atoms with E-state index in [0.29, 0.717) is 22.9 Å². The summed E-state index contributed by atoms with van der Waals surface area (Å²) in [6.45, 7) is 1.81. The van der Waals surface area contributed by atoms with Gasteiger partial charge in [-0.05, 0) is 67.1 Å². The fraction of sp³-hybridized carbons (Fsp3) is 0.125. The van der Waals surface area contributed by atoms with E-state index >= 15 is 0 Å². The fourth-order valence-corrected chi connectivity index (χ4v) is 2.73. The molecular formula is C24H23N3O5. The zero-order valence-corrected chi connectivity index (χ0v) is 17.7. The minimum atomic E-state index is -0.984. The van der Waals surface area contributed by atoms with Crippen LogP contribution < -0.4 is 20.2 Å². The molecule has 0 bridgehead atoms. The maximum atomic E-state index is 12.1. The molecule has 0 aliphatic carbocycles. The average molecular weight is 433 g/mol. The number of rotatable bonds is 9. The molecule has 1 amide bonds. The smallest absolute Gasteiger partial charge is 0.335 e. The van der Waals surface area contributed by atoms with E-state index in [2.05, 4.69) is 15.8 Å². The molecule has 8 nitrogen and oxygen atoms in total. The van der Waals surface area contributed by atoms with Gasteiger partial charge in [0.05, 0.1) is 24.6 Å². The molecule has 3 N–H and O–H groups in total. The molecule has 8 heteroatoms.